The summed E-state index contributed by atoms with van der Waals surface area (Å²) in [6.07, 6.45) is -3.54. The summed E-state index contributed by atoms with van der Waals surface area (Å²) in [6.45, 7) is 0.245. The number of halogens is 3. The third-order valence-corrected chi connectivity index (χ3v) is 5.86. The Kier molecular flexibility index (Phi) is 4.34. The lowest BCUT2D eigenvalue weighted by atomic mass is 10.1. The van der Waals surface area contributed by atoms with Gasteiger partial charge < -0.3 is 10.6 Å². The van der Waals surface area contributed by atoms with Gasteiger partial charge in [0.15, 0.2) is 9.84 Å². The molecule has 118 valence electrons. The second-order valence-electron chi connectivity index (χ2n) is 4.83. The van der Waals surface area contributed by atoms with Crippen LogP contribution in [0.15, 0.2) is 18.2 Å². The molecule has 21 heavy (non-hydrogen) atoms. The fourth-order valence-electron chi connectivity index (χ4n) is 2.24. The maximum Gasteiger partial charge on any atom is 0.418 e. The summed E-state index contributed by atoms with van der Waals surface area (Å²) in [4.78, 5) is 1.31. The van der Waals surface area contributed by atoms with Gasteiger partial charge in [-0.25, -0.2) is 8.42 Å². The van der Waals surface area contributed by atoms with E-state index in [1.807, 2.05) is 0 Å². The summed E-state index contributed by atoms with van der Waals surface area (Å²) in [5.41, 5.74) is 4.40. The molecule has 1 unspecified atom stereocenters. The molecular weight excluding hydrogens is 325 g/mol. The van der Waals surface area contributed by atoms with Gasteiger partial charge in [0.2, 0.25) is 0 Å². The molecule has 2 N–H and O–H groups in total. The summed E-state index contributed by atoms with van der Waals surface area (Å²) >= 11 is 1.42. The second kappa shape index (κ2) is 5.60. The molecule has 0 aromatic heterocycles. The maximum atomic E-state index is 13.2. The van der Waals surface area contributed by atoms with Crippen LogP contribution in [0.4, 0.5) is 24.5 Å². The fourth-order valence-corrected chi connectivity index (χ4v) is 5.08. The molecule has 0 amide bonds. The molecule has 1 aromatic rings. The van der Waals surface area contributed by atoms with E-state index in [0.29, 0.717) is 5.75 Å². The first-order valence-corrected chi connectivity index (χ1v) is 9.21. The zero-order chi connectivity index (χ0) is 15.8. The van der Waals surface area contributed by atoms with Crippen LogP contribution in [0, 0.1) is 0 Å². The molecule has 0 saturated carbocycles. The summed E-state index contributed by atoms with van der Waals surface area (Å²) in [7, 11) is -3.49. The van der Waals surface area contributed by atoms with Gasteiger partial charge >= 0.3 is 6.18 Å². The molecule has 4 nitrogen and oxygen atoms in total. The van der Waals surface area contributed by atoms with Crippen LogP contribution < -0.4 is 10.6 Å². The fraction of sp³-hybridized carbons (Fsp3) is 0.500. The highest BCUT2D eigenvalue weighted by atomic mass is 32.2. The first-order valence-electron chi connectivity index (χ1n) is 6.10. The van der Waals surface area contributed by atoms with Crippen molar-refractivity contribution in [2.24, 2.45) is 0 Å². The SMILES string of the molecule is CS(=O)(=O)C1CSCCN1c1ccc(N)cc1C(F)(F)F. The highest BCUT2D eigenvalue weighted by molar-refractivity contribution is 8.01. The average Bonchev–Trinajstić information content (AvgIpc) is 2.36. The number of hydrogen-bond acceptors (Lipinski definition) is 5. The second-order valence-corrected chi connectivity index (χ2v) is 8.18. The zero-order valence-electron chi connectivity index (χ0n) is 11.2. The predicted octanol–water partition coefficient (Wildman–Crippen LogP) is 2.21. The lowest BCUT2D eigenvalue weighted by Gasteiger charge is -2.37. The molecule has 9 heteroatoms. The Balaban J connectivity index is 2.54. The van der Waals surface area contributed by atoms with E-state index in [1.54, 1.807) is 0 Å². The zero-order valence-corrected chi connectivity index (χ0v) is 12.9. The van der Waals surface area contributed by atoms with E-state index >= 15 is 0 Å². The van der Waals surface area contributed by atoms with Gasteiger partial charge in [-0.15, -0.1) is 0 Å². The van der Waals surface area contributed by atoms with Crippen LogP contribution >= 0.6 is 11.8 Å². The molecular formula is C12H15F3N2O2S2. The molecule has 0 bridgehead atoms. The Morgan fingerprint density at radius 3 is 2.62 bits per heavy atom. The van der Waals surface area contributed by atoms with Crippen LogP contribution in [-0.4, -0.2) is 38.1 Å². The number of rotatable bonds is 2. The van der Waals surface area contributed by atoms with Gasteiger partial charge in [-0.3, -0.25) is 0 Å². The van der Waals surface area contributed by atoms with Crippen molar-refractivity contribution < 1.29 is 21.6 Å². The van der Waals surface area contributed by atoms with Gasteiger partial charge in [0, 0.05) is 30.0 Å². The van der Waals surface area contributed by atoms with Gasteiger partial charge in [0.05, 0.1) is 11.3 Å². The number of nitrogens with two attached hydrogens (primary N) is 1. The maximum absolute atomic E-state index is 13.2. The monoisotopic (exact) mass is 340 g/mol. The molecule has 0 spiro atoms. The number of benzene rings is 1. The quantitative estimate of drug-likeness (QED) is 0.837. The van der Waals surface area contributed by atoms with Gasteiger partial charge in [-0.2, -0.15) is 24.9 Å². The largest absolute Gasteiger partial charge is 0.418 e. The molecule has 0 radical (unpaired) electrons. The third kappa shape index (κ3) is 3.57. The van der Waals surface area contributed by atoms with Crippen molar-refractivity contribution in [3.8, 4) is 0 Å². The number of nitrogens with zero attached hydrogens (tertiary/aromatic N) is 1. The Morgan fingerprint density at radius 1 is 1.38 bits per heavy atom. The number of nitrogen functional groups attached to an aromatic ring is 1. The molecule has 1 fully saturated rings. The topological polar surface area (TPSA) is 63.4 Å². The van der Waals surface area contributed by atoms with E-state index in [-0.39, 0.29) is 23.7 Å². The summed E-state index contributed by atoms with van der Waals surface area (Å²) in [6, 6.07) is 3.44. The minimum Gasteiger partial charge on any atom is -0.399 e. The number of hydrogen-bond donors (Lipinski definition) is 1. The smallest absolute Gasteiger partial charge is 0.399 e. The lowest BCUT2D eigenvalue weighted by molar-refractivity contribution is -0.137. The number of anilines is 2. The van der Waals surface area contributed by atoms with E-state index in [1.165, 1.54) is 28.8 Å². The minimum atomic E-state index is -4.59. The average molecular weight is 340 g/mol. The van der Waals surface area contributed by atoms with E-state index < -0.39 is 27.0 Å². The normalized spacial score (nSPS) is 20.6. The van der Waals surface area contributed by atoms with Crippen molar-refractivity contribution in [2.45, 2.75) is 11.6 Å². The summed E-state index contributed by atoms with van der Waals surface area (Å²) < 4.78 is 63.2. The number of alkyl halides is 3. The van der Waals surface area contributed by atoms with E-state index in [0.717, 1.165) is 12.3 Å². The van der Waals surface area contributed by atoms with Crippen LogP contribution in [0.2, 0.25) is 0 Å². The first kappa shape index (κ1) is 16.3. The molecule has 2 rings (SSSR count). The molecule has 1 atom stereocenters. The van der Waals surface area contributed by atoms with Crippen LogP contribution in [0.25, 0.3) is 0 Å². The van der Waals surface area contributed by atoms with Crippen molar-refractivity contribution in [1.29, 1.82) is 0 Å². The highest BCUT2D eigenvalue weighted by Crippen LogP contribution is 2.40. The number of thioether (sulfide) groups is 1. The lowest BCUT2D eigenvalue weighted by Crippen LogP contribution is -2.47. The molecule has 1 saturated heterocycles. The molecule has 0 aliphatic carbocycles. The molecule has 1 aromatic carbocycles. The summed E-state index contributed by atoms with van der Waals surface area (Å²) in [5.74, 6) is 0.828. The first-order chi connectivity index (χ1) is 9.60. The number of sulfone groups is 1. The van der Waals surface area contributed by atoms with Gasteiger partial charge in [-0.1, -0.05) is 0 Å². The van der Waals surface area contributed by atoms with E-state index in [4.69, 9.17) is 5.73 Å². The Bertz CT molecular complexity index is 632. The van der Waals surface area contributed by atoms with Crippen molar-refractivity contribution in [2.75, 3.05) is 34.9 Å². The predicted molar refractivity (Wildman–Crippen MR) is 79.2 cm³/mol. The Morgan fingerprint density at radius 2 is 2.05 bits per heavy atom. The van der Waals surface area contributed by atoms with Crippen molar-refractivity contribution in [3.63, 3.8) is 0 Å². The minimum absolute atomic E-state index is 0.00614. The molecule has 1 heterocycles. The van der Waals surface area contributed by atoms with Crippen molar-refractivity contribution >= 4 is 33.0 Å². The van der Waals surface area contributed by atoms with Gasteiger partial charge in [0.1, 0.15) is 5.37 Å². The highest BCUT2D eigenvalue weighted by Gasteiger charge is 2.39. The van der Waals surface area contributed by atoms with Crippen LogP contribution in [0.5, 0.6) is 0 Å². The third-order valence-electron chi connectivity index (χ3n) is 3.21. The Hall–Kier alpha value is -1.09. The Labute approximate surface area is 125 Å². The van der Waals surface area contributed by atoms with E-state index in [2.05, 4.69) is 0 Å². The van der Waals surface area contributed by atoms with Crippen LogP contribution in [0.1, 0.15) is 5.56 Å². The molecule has 1 aliphatic rings. The van der Waals surface area contributed by atoms with Crippen molar-refractivity contribution in [1.82, 2.24) is 0 Å². The van der Waals surface area contributed by atoms with Crippen LogP contribution in [-0.2, 0) is 16.0 Å². The van der Waals surface area contributed by atoms with Crippen LogP contribution in [0.3, 0.4) is 0 Å². The van der Waals surface area contributed by atoms with E-state index in [9.17, 15) is 21.6 Å². The standard InChI is InChI=1S/C12H15F3N2O2S2/c1-21(18,19)11-7-20-5-4-17(11)10-3-2-8(16)6-9(10)12(13,14)15/h2-3,6,11H,4-5,7,16H2,1H3. The van der Waals surface area contributed by atoms with Gasteiger partial charge in [-0.05, 0) is 18.2 Å². The summed E-state index contributed by atoms with van der Waals surface area (Å²) in [5, 5.41) is -0.957. The van der Waals surface area contributed by atoms with Crippen molar-refractivity contribution in [3.05, 3.63) is 23.8 Å². The molecule has 1 aliphatic heterocycles. The van der Waals surface area contributed by atoms with Gasteiger partial charge in [0.25, 0.3) is 0 Å².